The summed E-state index contributed by atoms with van der Waals surface area (Å²) in [6.07, 6.45) is 3.79. The first kappa shape index (κ1) is 10.4. The second-order valence-corrected chi connectivity index (χ2v) is 4.27. The quantitative estimate of drug-likeness (QED) is 0.783. The normalized spacial score (nSPS) is 10.7. The zero-order valence-corrected chi connectivity index (χ0v) is 9.63. The minimum atomic E-state index is 0.927. The van der Waals surface area contributed by atoms with Gasteiger partial charge in [0.1, 0.15) is 0 Å². The molecule has 0 unspecified atom stereocenters. The molecule has 2 heterocycles. The largest absolute Gasteiger partial charge is 0.311 e. The van der Waals surface area contributed by atoms with E-state index in [1.807, 2.05) is 23.1 Å². The zero-order chi connectivity index (χ0) is 10.5. The lowest BCUT2D eigenvalue weighted by Crippen LogP contribution is -2.19. The van der Waals surface area contributed by atoms with Gasteiger partial charge >= 0.3 is 0 Å². The van der Waals surface area contributed by atoms with Crippen molar-refractivity contribution in [3.05, 3.63) is 40.3 Å². The third-order valence-electron chi connectivity index (χ3n) is 2.35. The molecule has 0 atom stereocenters. The van der Waals surface area contributed by atoms with E-state index in [1.54, 1.807) is 11.3 Å². The highest BCUT2D eigenvalue weighted by atomic mass is 32.1. The van der Waals surface area contributed by atoms with E-state index in [-0.39, 0.29) is 0 Å². The van der Waals surface area contributed by atoms with Crippen LogP contribution in [0, 0.1) is 6.92 Å². The van der Waals surface area contributed by atoms with Crippen LogP contribution in [-0.4, -0.2) is 16.3 Å². The number of aromatic nitrogens is 2. The van der Waals surface area contributed by atoms with Crippen LogP contribution in [-0.2, 0) is 13.1 Å². The van der Waals surface area contributed by atoms with Crippen LogP contribution < -0.4 is 5.32 Å². The molecule has 0 spiro atoms. The summed E-state index contributed by atoms with van der Waals surface area (Å²) in [6.45, 7) is 4.99. The van der Waals surface area contributed by atoms with Crippen molar-refractivity contribution in [2.45, 2.75) is 20.0 Å². The fourth-order valence-electron chi connectivity index (χ4n) is 1.42. The van der Waals surface area contributed by atoms with Crippen molar-refractivity contribution >= 4 is 11.3 Å². The Labute approximate surface area is 93.7 Å². The van der Waals surface area contributed by atoms with Crippen LogP contribution in [0.2, 0.25) is 0 Å². The molecule has 3 nitrogen and oxygen atoms in total. The molecule has 0 saturated carbocycles. The van der Waals surface area contributed by atoms with Gasteiger partial charge in [-0.05, 0) is 34.9 Å². The maximum absolute atomic E-state index is 4.15. The van der Waals surface area contributed by atoms with Gasteiger partial charge in [0, 0.05) is 25.5 Å². The average Bonchev–Trinajstić information content (AvgIpc) is 2.85. The lowest BCUT2D eigenvalue weighted by molar-refractivity contribution is 0.554. The second-order valence-electron chi connectivity index (χ2n) is 3.53. The van der Waals surface area contributed by atoms with Gasteiger partial charge in [-0.2, -0.15) is 16.4 Å². The van der Waals surface area contributed by atoms with Crippen LogP contribution in [0.3, 0.4) is 0 Å². The summed E-state index contributed by atoms with van der Waals surface area (Å²) in [5.74, 6) is 0. The van der Waals surface area contributed by atoms with Crippen LogP contribution in [0.25, 0.3) is 0 Å². The highest BCUT2D eigenvalue weighted by Gasteiger charge is 1.97. The number of aryl methyl sites for hydroxylation is 1. The van der Waals surface area contributed by atoms with Crippen molar-refractivity contribution in [1.82, 2.24) is 15.1 Å². The topological polar surface area (TPSA) is 29.9 Å². The third-order valence-corrected chi connectivity index (χ3v) is 3.26. The van der Waals surface area contributed by atoms with E-state index in [0.29, 0.717) is 0 Å². The molecule has 0 amide bonds. The fraction of sp³-hybridized carbons (Fsp3) is 0.364. The van der Waals surface area contributed by atoms with Crippen LogP contribution in [0.5, 0.6) is 0 Å². The highest BCUT2D eigenvalue weighted by molar-refractivity contribution is 7.08. The number of nitrogens with zero attached hydrogens (tertiary/aromatic N) is 2. The van der Waals surface area contributed by atoms with Crippen molar-refractivity contribution in [1.29, 1.82) is 0 Å². The minimum Gasteiger partial charge on any atom is -0.311 e. The predicted octanol–water partition coefficient (Wildman–Crippen LogP) is 2.04. The third kappa shape index (κ3) is 2.91. The lowest BCUT2D eigenvalue weighted by atomic mass is 10.2. The van der Waals surface area contributed by atoms with E-state index in [0.717, 1.165) is 19.6 Å². The maximum atomic E-state index is 4.15. The van der Waals surface area contributed by atoms with Gasteiger partial charge in [-0.1, -0.05) is 0 Å². The molecule has 0 radical (unpaired) electrons. The van der Waals surface area contributed by atoms with E-state index in [4.69, 9.17) is 0 Å². The van der Waals surface area contributed by atoms with Gasteiger partial charge in [0.05, 0.1) is 6.54 Å². The fourth-order valence-corrected chi connectivity index (χ4v) is 2.27. The van der Waals surface area contributed by atoms with Crippen LogP contribution in [0.15, 0.2) is 29.2 Å². The van der Waals surface area contributed by atoms with Crippen molar-refractivity contribution in [2.24, 2.45) is 0 Å². The lowest BCUT2D eigenvalue weighted by Gasteiger charge is -2.04. The second kappa shape index (κ2) is 5.09. The molecule has 0 aliphatic rings. The summed E-state index contributed by atoms with van der Waals surface area (Å²) in [5, 5.41) is 11.9. The van der Waals surface area contributed by atoms with Gasteiger partial charge in [0.15, 0.2) is 0 Å². The molecule has 0 saturated heterocycles. The summed E-state index contributed by atoms with van der Waals surface area (Å²) in [4.78, 5) is 0. The van der Waals surface area contributed by atoms with Gasteiger partial charge in [0.25, 0.3) is 0 Å². The molecular formula is C11H15N3S. The Morgan fingerprint density at radius 2 is 2.40 bits per heavy atom. The molecule has 2 aromatic heterocycles. The number of thiophene rings is 1. The monoisotopic (exact) mass is 221 g/mol. The predicted molar refractivity (Wildman–Crippen MR) is 63.0 cm³/mol. The molecule has 0 fully saturated rings. The van der Waals surface area contributed by atoms with Crippen LogP contribution in [0.1, 0.15) is 11.1 Å². The van der Waals surface area contributed by atoms with Gasteiger partial charge < -0.3 is 5.32 Å². The Morgan fingerprint density at radius 1 is 1.47 bits per heavy atom. The Kier molecular flexibility index (Phi) is 3.53. The molecule has 80 valence electrons. The van der Waals surface area contributed by atoms with Crippen LogP contribution in [0.4, 0.5) is 0 Å². The Balaban J connectivity index is 1.70. The van der Waals surface area contributed by atoms with Crippen molar-refractivity contribution in [2.75, 3.05) is 6.54 Å². The molecule has 2 aromatic rings. The summed E-state index contributed by atoms with van der Waals surface area (Å²) in [5.41, 5.74) is 2.78. The van der Waals surface area contributed by atoms with Gasteiger partial charge in [-0.25, -0.2) is 0 Å². The first-order chi connectivity index (χ1) is 7.36. The summed E-state index contributed by atoms with van der Waals surface area (Å²) < 4.78 is 1.94. The average molecular weight is 221 g/mol. The molecule has 0 aliphatic heterocycles. The van der Waals surface area contributed by atoms with E-state index in [1.165, 1.54) is 11.1 Å². The molecule has 0 bridgehead atoms. The van der Waals surface area contributed by atoms with E-state index in [2.05, 4.69) is 28.1 Å². The molecule has 0 aliphatic carbocycles. The molecule has 4 heteroatoms. The molecule has 2 rings (SSSR count). The molecule has 0 aromatic carbocycles. The number of nitrogens with one attached hydrogen (secondary N) is 1. The SMILES string of the molecule is Cc1cscc1CNCCn1cccn1. The zero-order valence-electron chi connectivity index (χ0n) is 8.81. The summed E-state index contributed by atoms with van der Waals surface area (Å²) in [6, 6.07) is 1.95. The molecule has 1 N–H and O–H groups in total. The Morgan fingerprint density at radius 3 is 3.07 bits per heavy atom. The van der Waals surface area contributed by atoms with Crippen molar-refractivity contribution in [3.8, 4) is 0 Å². The highest BCUT2D eigenvalue weighted by Crippen LogP contribution is 2.12. The van der Waals surface area contributed by atoms with E-state index < -0.39 is 0 Å². The van der Waals surface area contributed by atoms with Gasteiger partial charge in [0.2, 0.25) is 0 Å². The first-order valence-electron chi connectivity index (χ1n) is 5.06. The molecule has 15 heavy (non-hydrogen) atoms. The number of hydrogen-bond donors (Lipinski definition) is 1. The van der Waals surface area contributed by atoms with E-state index in [9.17, 15) is 0 Å². The standard InChI is InChI=1S/C11H15N3S/c1-10-8-15-9-11(10)7-12-4-6-14-5-2-3-13-14/h2-3,5,8-9,12H,4,6-7H2,1H3. The number of hydrogen-bond acceptors (Lipinski definition) is 3. The van der Waals surface area contributed by atoms with Crippen LogP contribution >= 0.6 is 11.3 Å². The maximum Gasteiger partial charge on any atom is 0.0534 e. The van der Waals surface area contributed by atoms with Gasteiger partial charge in [-0.15, -0.1) is 0 Å². The van der Waals surface area contributed by atoms with Crippen molar-refractivity contribution in [3.63, 3.8) is 0 Å². The minimum absolute atomic E-state index is 0.927. The number of rotatable bonds is 5. The first-order valence-corrected chi connectivity index (χ1v) is 6.00. The molecular weight excluding hydrogens is 206 g/mol. The van der Waals surface area contributed by atoms with Gasteiger partial charge in [-0.3, -0.25) is 4.68 Å². The summed E-state index contributed by atoms with van der Waals surface area (Å²) >= 11 is 1.76. The Hall–Kier alpha value is -1.13. The van der Waals surface area contributed by atoms with Crippen molar-refractivity contribution < 1.29 is 0 Å². The smallest absolute Gasteiger partial charge is 0.0534 e. The van der Waals surface area contributed by atoms with E-state index >= 15 is 0 Å². The summed E-state index contributed by atoms with van der Waals surface area (Å²) in [7, 11) is 0. The Bertz CT molecular complexity index is 392.